The first-order valence-corrected chi connectivity index (χ1v) is 11.4. The third-order valence-electron chi connectivity index (χ3n) is 5.72. The Hall–Kier alpha value is -3.13. The van der Waals surface area contributed by atoms with Crippen molar-refractivity contribution in [2.45, 2.75) is 52.2 Å². The van der Waals surface area contributed by atoms with Gasteiger partial charge in [-0.3, -0.25) is 0 Å². The molecule has 0 radical (unpaired) electrons. The van der Waals surface area contributed by atoms with Gasteiger partial charge in [0.1, 0.15) is 23.4 Å². The van der Waals surface area contributed by atoms with E-state index in [0.29, 0.717) is 43.5 Å². The zero-order chi connectivity index (χ0) is 23.6. The third kappa shape index (κ3) is 4.80. The van der Waals surface area contributed by atoms with Crippen molar-refractivity contribution in [2.24, 2.45) is 0 Å². The van der Waals surface area contributed by atoms with E-state index in [4.69, 9.17) is 18.9 Å². The summed E-state index contributed by atoms with van der Waals surface area (Å²) in [6.45, 7) is 9.39. The van der Waals surface area contributed by atoms with Gasteiger partial charge >= 0.3 is 5.97 Å². The van der Waals surface area contributed by atoms with E-state index in [9.17, 15) is 9.90 Å². The number of carbonyl (C=O) groups excluding carboxylic acids is 1. The second kappa shape index (κ2) is 9.39. The van der Waals surface area contributed by atoms with Gasteiger partial charge in [-0.05, 0) is 38.8 Å². The molecule has 0 bridgehead atoms. The van der Waals surface area contributed by atoms with Crippen LogP contribution in [0.25, 0.3) is 5.57 Å². The molecule has 0 aromatic heterocycles. The van der Waals surface area contributed by atoms with Gasteiger partial charge in [-0.15, -0.1) is 0 Å². The van der Waals surface area contributed by atoms with Crippen LogP contribution in [-0.2, 0) is 16.0 Å². The van der Waals surface area contributed by atoms with Gasteiger partial charge in [0.25, 0.3) is 0 Å². The van der Waals surface area contributed by atoms with Crippen molar-refractivity contribution in [1.29, 1.82) is 0 Å². The molecule has 4 rings (SSSR count). The monoisotopic (exact) mass is 456 g/mol. The smallest absolute Gasteiger partial charge is 0.374 e. The van der Waals surface area contributed by atoms with E-state index in [1.54, 1.807) is 32.9 Å². The molecule has 0 fully saturated rings. The number of allylic oxidation sites excluding steroid dienone is 2. The summed E-state index contributed by atoms with van der Waals surface area (Å²) in [5.41, 5.74) is 1.48. The van der Waals surface area contributed by atoms with Gasteiger partial charge in [0.15, 0.2) is 0 Å². The van der Waals surface area contributed by atoms with Crippen LogP contribution in [0.3, 0.4) is 0 Å². The predicted octanol–water partition coefficient (Wildman–Crippen LogP) is 3.11. The number of nitrogens with one attached hydrogen (secondary N) is 1. The zero-order valence-corrected chi connectivity index (χ0v) is 19.6. The Labute approximate surface area is 194 Å². The number of nitrogens with zero attached hydrogens (tertiary/aromatic N) is 1. The highest BCUT2D eigenvalue weighted by atomic mass is 16.6. The molecule has 0 saturated carbocycles. The Balaban J connectivity index is 1.80. The molecule has 3 aliphatic rings. The van der Waals surface area contributed by atoms with Gasteiger partial charge in [-0.1, -0.05) is 13.0 Å². The minimum absolute atomic E-state index is 0.115. The van der Waals surface area contributed by atoms with Crippen LogP contribution in [0.5, 0.6) is 17.2 Å². The first-order chi connectivity index (χ1) is 15.8. The maximum absolute atomic E-state index is 12.5. The van der Waals surface area contributed by atoms with Crippen molar-refractivity contribution >= 4 is 11.5 Å². The maximum Gasteiger partial charge on any atom is 0.374 e. The number of hydrogen-bond acceptors (Lipinski definition) is 8. The van der Waals surface area contributed by atoms with Crippen molar-refractivity contribution in [1.82, 2.24) is 10.2 Å². The Kier molecular flexibility index (Phi) is 6.56. The van der Waals surface area contributed by atoms with Crippen molar-refractivity contribution in [3.63, 3.8) is 0 Å². The fraction of sp³-hybridized carbons (Fsp3) is 0.480. The molecule has 178 valence electrons. The van der Waals surface area contributed by atoms with Crippen LogP contribution in [-0.4, -0.2) is 54.1 Å². The van der Waals surface area contributed by atoms with Gasteiger partial charge in [-0.25, -0.2) is 4.79 Å². The Morgan fingerprint density at radius 1 is 1.36 bits per heavy atom. The van der Waals surface area contributed by atoms with Crippen LogP contribution in [0.4, 0.5) is 0 Å². The average molecular weight is 457 g/mol. The molecule has 1 atom stereocenters. The van der Waals surface area contributed by atoms with Crippen molar-refractivity contribution in [2.75, 3.05) is 26.4 Å². The molecule has 0 spiro atoms. The summed E-state index contributed by atoms with van der Waals surface area (Å²) in [5.74, 6) is 1.34. The molecule has 8 heteroatoms. The summed E-state index contributed by atoms with van der Waals surface area (Å²) < 4.78 is 23.5. The van der Waals surface area contributed by atoms with E-state index in [0.717, 1.165) is 23.1 Å². The molecule has 33 heavy (non-hydrogen) atoms. The van der Waals surface area contributed by atoms with Gasteiger partial charge in [-0.2, -0.15) is 0 Å². The number of benzene rings is 1. The Bertz CT molecular complexity index is 1010. The van der Waals surface area contributed by atoms with Gasteiger partial charge in [0.05, 0.1) is 31.0 Å². The molecule has 0 unspecified atom stereocenters. The van der Waals surface area contributed by atoms with E-state index < -0.39 is 17.7 Å². The lowest BCUT2D eigenvalue weighted by Crippen LogP contribution is -2.39. The maximum atomic E-state index is 12.5. The summed E-state index contributed by atoms with van der Waals surface area (Å²) in [5, 5.41) is 13.7. The Morgan fingerprint density at radius 3 is 2.85 bits per heavy atom. The van der Waals surface area contributed by atoms with E-state index >= 15 is 0 Å². The summed E-state index contributed by atoms with van der Waals surface area (Å²) in [4.78, 5) is 14.6. The van der Waals surface area contributed by atoms with E-state index in [1.165, 1.54) is 0 Å². The lowest BCUT2D eigenvalue weighted by Gasteiger charge is -2.24. The summed E-state index contributed by atoms with van der Waals surface area (Å²) in [7, 11) is 0. The number of aliphatic hydroxyl groups is 1. The number of rotatable bonds is 8. The quantitative estimate of drug-likeness (QED) is 0.577. The highest BCUT2D eigenvalue weighted by molar-refractivity contribution is 5.95. The Morgan fingerprint density at radius 2 is 2.18 bits per heavy atom. The number of esters is 1. The fourth-order valence-electron chi connectivity index (χ4n) is 3.99. The SMILES string of the molecule is CCCOc1c2c(cc3c1/C(=C/CN1C=CNC1)C=C(C(=O)OCC)O3)O[C@H](C(C)(C)O)C2. The van der Waals surface area contributed by atoms with Crippen molar-refractivity contribution < 1.29 is 28.8 Å². The van der Waals surface area contributed by atoms with Crippen LogP contribution >= 0.6 is 0 Å². The number of carbonyl (C=O) groups is 1. The molecule has 1 aromatic carbocycles. The molecule has 1 aromatic rings. The number of hydrogen-bond donors (Lipinski definition) is 2. The minimum atomic E-state index is -1.02. The molecule has 8 nitrogen and oxygen atoms in total. The molecule has 0 saturated heterocycles. The van der Waals surface area contributed by atoms with Crippen molar-refractivity contribution in [3.8, 4) is 17.2 Å². The average Bonchev–Trinajstić information content (AvgIpc) is 3.44. The minimum Gasteiger partial charge on any atom is -0.492 e. The van der Waals surface area contributed by atoms with Crippen LogP contribution in [0.15, 0.2) is 36.4 Å². The second-order valence-electron chi connectivity index (χ2n) is 8.81. The first-order valence-electron chi connectivity index (χ1n) is 11.4. The highest BCUT2D eigenvalue weighted by Gasteiger charge is 2.39. The predicted molar refractivity (Wildman–Crippen MR) is 124 cm³/mol. The number of ether oxygens (including phenoxy) is 4. The van der Waals surface area contributed by atoms with Crippen LogP contribution in [0.2, 0.25) is 0 Å². The molecule has 3 aliphatic heterocycles. The lowest BCUT2D eigenvalue weighted by atomic mass is 9.92. The zero-order valence-electron chi connectivity index (χ0n) is 19.6. The molecule has 3 heterocycles. The van der Waals surface area contributed by atoms with Crippen LogP contribution in [0.1, 0.15) is 45.2 Å². The highest BCUT2D eigenvalue weighted by Crippen LogP contribution is 2.50. The fourth-order valence-corrected chi connectivity index (χ4v) is 3.99. The van der Waals surface area contributed by atoms with Gasteiger partial charge in [0.2, 0.25) is 5.76 Å². The second-order valence-corrected chi connectivity index (χ2v) is 8.81. The van der Waals surface area contributed by atoms with Gasteiger partial charge < -0.3 is 34.3 Å². The molecule has 0 amide bonds. The van der Waals surface area contributed by atoms with Crippen LogP contribution < -0.4 is 19.5 Å². The van der Waals surface area contributed by atoms with Crippen molar-refractivity contribution in [3.05, 3.63) is 47.5 Å². The topological polar surface area (TPSA) is 89.5 Å². The molecule has 0 aliphatic carbocycles. The number of fused-ring (bicyclic) bond motifs is 2. The lowest BCUT2D eigenvalue weighted by molar-refractivity contribution is -0.141. The van der Waals surface area contributed by atoms with Gasteiger partial charge in [0, 0.05) is 37.0 Å². The standard InChI is InChI=1S/C25H32N2O6/c1-5-11-31-23-17-13-21(25(3,4)29)33-18(17)14-19-22(23)16(7-9-27-10-8-26-15-27)12-20(32-19)24(28)30-6-2/h7-8,10,12,14,21,26,29H,5-6,9,11,13,15H2,1-4H3/b16-7+/t21-/m0/s1. The van der Waals surface area contributed by atoms with Crippen LogP contribution in [0, 0.1) is 0 Å². The van der Waals surface area contributed by atoms with E-state index in [-0.39, 0.29) is 12.4 Å². The van der Waals surface area contributed by atoms with E-state index in [1.807, 2.05) is 25.4 Å². The summed E-state index contributed by atoms with van der Waals surface area (Å²) in [6.07, 6.45) is 8.58. The molecule has 2 N–H and O–H groups in total. The molecular formula is C25H32N2O6. The molecular weight excluding hydrogens is 424 g/mol. The largest absolute Gasteiger partial charge is 0.492 e. The summed E-state index contributed by atoms with van der Waals surface area (Å²) in [6, 6.07) is 1.78. The summed E-state index contributed by atoms with van der Waals surface area (Å²) >= 11 is 0. The van der Waals surface area contributed by atoms with E-state index in [2.05, 4.69) is 10.2 Å². The first kappa shape index (κ1) is 23.0. The normalized spacial score (nSPS) is 19.9. The third-order valence-corrected chi connectivity index (χ3v) is 5.72.